The van der Waals surface area contributed by atoms with Gasteiger partial charge in [-0.05, 0) is 12.8 Å². The van der Waals surface area contributed by atoms with Gasteiger partial charge in [-0.25, -0.2) is 0 Å². The van der Waals surface area contributed by atoms with E-state index in [0.717, 1.165) is 25.7 Å². The van der Waals surface area contributed by atoms with Crippen molar-refractivity contribution in [3.63, 3.8) is 0 Å². The minimum absolute atomic E-state index is 0.615. The maximum absolute atomic E-state index is 11.0. The van der Waals surface area contributed by atoms with Crippen LogP contribution in [0.5, 0.6) is 0 Å². The lowest BCUT2D eigenvalue weighted by atomic mass is 9.81. The van der Waals surface area contributed by atoms with Crippen LogP contribution in [0.15, 0.2) is 12.7 Å². The van der Waals surface area contributed by atoms with E-state index in [1.165, 1.54) is 12.8 Å². The van der Waals surface area contributed by atoms with E-state index in [9.17, 15) is 4.79 Å². The molecule has 2 nitrogen and oxygen atoms in total. The van der Waals surface area contributed by atoms with Crippen LogP contribution in [0.25, 0.3) is 0 Å². The summed E-state index contributed by atoms with van der Waals surface area (Å²) < 4.78 is 0. The molecule has 0 heterocycles. The van der Waals surface area contributed by atoms with Crippen molar-refractivity contribution >= 4 is 5.97 Å². The minimum atomic E-state index is -0.695. The van der Waals surface area contributed by atoms with E-state index in [0.29, 0.717) is 0 Å². The van der Waals surface area contributed by atoms with Crippen molar-refractivity contribution in [3.8, 4) is 0 Å². The molecular weight excluding hydrogens is 152 g/mol. The summed E-state index contributed by atoms with van der Waals surface area (Å²) >= 11 is 0. The Morgan fingerprint density at radius 3 is 2.08 bits per heavy atom. The predicted octanol–water partition coefficient (Wildman–Crippen LogP) is 2.60. The Kier molecular flexibility index (Phi) is 2.90. The zero-order chi connectivity index (χ0) is 9.03. The molecule has 0 bridgehead atoms. The molecular formula is C10H16O2. The summed E-state index contributed by atoms with van der Waals surface area (Å²) in [5, 5.41) is 9.04. The first-order valence-corrected chi connectivity index (χ1v) is 4.58. The SMILES string of the molecule is C=CC1(C(=O)O)CCCCCC1. The molecule has 0 amide bonds. The van der Waals surface area contributed by atoms with Crippen LogP contribution < -0.4 is 0 Å². The molecule has 0 saturated heterocycles. The van der Waals surface area contributed by atoms with Gasteiger partial charge in [0.2, 0.25) is 0 Å². The molecule has 12 heavy (non-hydrogen) atoms. The van der Waals surface area contributed by atoms with Crippen LogP contribution in [0.1, 0.15) is 38.5 Å². The number of carboxylic acids is 1. The van der Waals surface area contributed by atoms with Crippen LogP contribution in [0.2, 0.25) is 0 Å². The molecule has 0 unspecified atom stereocenters. The monoisotopic (exact) mass is 168 g/mol. The summed E-state index contributed by atoms with van der Waals surface area (Å²) in [4.78, 5) is 11.0. The molecule has 0 radical (unpaired) electrons. The number of hydrogen-bond acceptors (Lipinski definition) is 1. The fraction of sp³-hybridized carbons (Fsp3) is 0.700. The summed E-state index contributed by atoms with van der Waals surface area (Å²) in [6, 6.07) is 0. The Morgan fingerprint density at radius 2 is 1.75 bits per heavy atom. The quantitative estimate of drug-likeness (QED) is 0.508. The second-order valence-corrected chi connectivity index (χ2v) is 3.58. The van der Waals surface area contributed by atoms with E-state index in [-0.39, 0.29) is 0 Å². The van der Waals surface area contributed by atoms with E-state index in [2.05, 4.69) is 6.58 Å². The van der Waals surface area contributed by atoms with Gasteiger partial charge in [-0.1, -0.05) is 31.8 Å². The normalized spacial score (nSPS) is 22.7. The Labute approximate surface area is 73.3 Å². The van der Waals surface area contributed by atoms with E-state index in [1.54, 1.807) is 6.08 Å². The molecule has 0 aromatic rings. The molecule has 2 heteroatoms. The van der Waals surface area contributed by atoms with Gasteiger partial charge in [0.05, 0.1) is 5.41 Å². The van der Waals surface area contributed by atoms with Crippen molar-refractivity contribution in [1.29, 1.82) is 0 Å². The summed E-state index contributed by atoms with van der Waals surface area (Å²) in [6.45, 7) is 3.64. The third kappa shape index (κ3) is 1.68. The van der Waals surface area contributed by atoms with Crippen molar-refractivity contribution < 1.29 is 9.90 Å². The van der Waals surface area contributed by atoms with Crippen LogP contribution in [0.3, 0.4) is 0 Å². The first-order valence-electron chi connectivity index (χ1n) is 4.58. The summed E-state index contributed by atoms with van der Waals surface area (Å²) in [5.41, 5.74) is -0.615. The third-order valence-corrected chi connectivity index (χ3v) is 2.81. The number of carboxylic acid groups (broad SMARTS) is 1. The number of carbonyl (C=O) groups is 1. The van der Waals surface area contributed by atoms with Crippen molar-refractivity contribution in [2.75, 3.05) is 0 Å². The maximum Gasteiger partial charge on any atom is 0.313 e. The number of rotatable bonds is 2. The van der Waals surface area contributed by atoms with Gasteiger partial charge in [0.15, 0.2) is 0 Å². The Hall–Kier alpha value is -0.790. The van der Waals surface area contributed by atoms with Crippen molar-refractivity contribution in [2.45, 2.75) is 38.5 Å². The zero-order valence-corrected chi connectivity index (χ0v) is 7.38. The van der Waals surface area contributed by atoms with Crippen LogP contribution >= 0.6 is 0 Å². The van der Waals surface area contributed by atoms with Gasteiger partial charge < -0.3 is 5.11 Å². The second-order valence-electron chi connectivity index (χ2n) is 3.58. The summed E-state index contributed by atoms with van der Waals surface area (Å²) in [5.74, 6) is -0.695. The van der Waals surface area contributed by atoms with Gasteiger partial charge in [-0.15, -0.1) is 6.58 Å². The van der Waals surface area contributed by atoms with Crippen molar-refractivity contribution in [1.82, 2.24) is 0 Å². The standard InChI is InChI=1S/C10H16O2/c1-2-10(9(11)12)7-5-3-4-6-8-10/h2H,1,3-8H2,(H,11,12). The van der Waals surface area contributed by atoms with E-state index in [4.69, 9.17) is 5.11 Å². The average molecular weight is 168 g/mol. The van der Waals surface area contributed by atoms with Gasteiger partial charge in [0.1, 0.15) is 0 Å². The van der Waals surface area contributed by atoms with E-state index < -0.39 is 11.4 Å². The van der Waals surface area contributed by atoms with Crippen LogP contribution in [0.4, 0.5) is 0 Å². The predicted molar refractivity (Wildman–Crippen MR) is 48.0 cm³/mol. The van der Waals surface area contributed by atoms with Crippen LogP contribution in [0, 0.1) is 5.41 Å². The van der Waals surface area contributed by atoms with E-state index in [1.807, 2.05) is 0 Å². The smallest absolute Gasteiger partial charge is 0.313 e. The molecule has 1 aliphatic carbocycles. The van der Waals surface area contributed by atoms with Crippen LogP contribution in [-0.4, -0.2) is 11.1 Å². The first-order chi connectivity index (χ1) is 5.71. The molecule has 1 saturated carbocycles. The Bertz CT molecular complexity index is 176. The summed E-state index contributed by atoms with van der Waals surface area (Å²) in [7, 11) is 0. The Morgan fingerprint density at radius 1 is 1.25 bits per heavy atom. The van der Waals surface area contributed by atoms with Crippen molar-refractivity contribution in [3.05, 3.63) is 12.7 Å². The molecule has 0 aromatic carbocycles. The largest absolute Gasteiger partial charge is 0.481 e. The second kappa shape index (κ2) is 3.74. The van der Waals surface area contributed by atoms with Gasteiger partial charge in [-0.2, -0.15) is 0 Å². The molecule has 1 aliphatic rings. The minimum Gasteiger partial charge on any atom is -0.481 e. The third-order valence-electron chi connectivity index (χ3n) is 2.81. The number of aliphatic carboxylic acids is 1. The lowest BCUT2D eigenvalue weighted by molar-refractivity contribution is -0.146. The zero-order valence-electron chi connectivity index (χ0n) is 7.38. The highest BCUT2D eigenvalue weighted by atomic mass is 16.4. The highest BCUT2D eigenvalue weighted by molar-refractivity contribution is 5.76. The van der Waals surface area contributed by atoms with Gasteiger partial charge in [-0.3, -0.25) is 4.79 Å². The fourth-order valence-electron chi connectivity index (χ4n) is 1.86. The molecule has 68 valence electrons. The van der Waals surface area contributed by atoms with E-state index >= 15 is 0 Å². The lowest BCUT2D eigenvalue weighted by Gasteiger charge is -2.23. The topological polar surface area (TPSA) is 37.3 Å². The maximum atomic E-state index is 11.0. The molecule has 0 aliphatic heterocycles. The number of hydrogen-bond donors (Lipinski definition) is 1. The summed E-state index contributed by atoms with van der Waals surface area (Å²) in [6.07, 6.45) is 7.56. The molecule has 0 aromatic heterocycles. The molecule has 1 fully saturated rings. The molecule has 0 atom stereocenters. The van der Waals surface area contributed by atoms with Crippen LogP contribution in [-0.2, 0) is 4.79 Å². The van der Waals surface area contributed by atoms with Gasteiger partial charge in [0.25, 0.3) is 0 Å². The highest BCUT2D eigenvalue weighted by Crippen LogP contribution is 2.36. The van der Waals surface area contributed by atoms with Gasteiger partial charge >= 0.3 is 5.97 Å². The Balaban J connectivity index is 2.74. The van der Waals surface area contributed by atoms with Crippen molar-refractivity contribution in [2.24, 2.45) is 5.41 Å². The fourth-order valence-corrected chi connectivity index (χ4v) is 1.86. The average Bonchev–Trinajstić information content (AvgIpc) is 2.29. The molecule has 1 rings (SSSR count). The van der Waals surface area contributed by atoms with Gasteiger partial charge in [0, 0.05) is 0 Å². The highest BCUT2D eigenvalue weighted by Gasteiger charge is 2.35. The first kappa shape index (κ1) is 9.30. The molecule has 1 N–H and O–H groups in total. The lowest BCUT2D eigenvalue weighted by Crippen LogP contribution is -2.27. The molecule has 0 spiro atoms.